The van der Waals surface area contributed by atoms with Gasteiger partial charge < -0.3 is 4.55 Å². The molecule has 0 fully saturated rings. The van der Waals surface area contributed by atoms with Crippen LogP contribution in [0.2, 0.25) is 0 Å². The molecule has 0 bridgehead atoms. The SMILES string of the molecule is C[n+]1c2ccccc2c(C(=O)n2cccn2)c2ccccc21.O=S(=O)([O-])F. The van der Waals surface area contributed by atoms with E-state index in [1.54, 1.807) is 18.5 Å². The first-order chi connectivity index (χ1) is 12.8. The number of carbonyl (C=O) groups excluding carboxylic acids is 1. The maximum absolute atomic E-state index is 12.9. The lowest BCUT2D eigenvalue weighted by Crippen LogP contribution is -2.31. The molecule has 4 aromatic rings. The second-order valence-corrected chi connectivity index (χ2v) is 6.40. The van der Waals surface area contributed by atoms with Crippen molar-refractivity contribution >= 4 is 38.2 Å². The summed E-state index contributed by atoms with van der Waals surface area (Å²) in [5, 5.41) is 5.96. The predicted molar refractivity (Wildman–Crippen MR) is 95.4 cm³/mol. The number of halogens is 1. The van der Waals surface area contributed by atoms with Gasteiger partial charge in [0, 0.05) is 24.5 Å². The second-order valence-electron chi connectivity index (χ2n) is 5.62. The van der Waals surface area contributed by atoms with Crippen molar-refractivity contribution in [1.82, 2.24) is 9.78 Å². The lowest BCUT2D eigenvalue weighted by Gasteiger charge is -2.09. The Balaban J connectivity index is 0.000000376. The van der Waals surface area contributed by atoms with E-state index in [9.17, 15) is 8.68 Å². The summed E-state index contributed by atoms with van der Waals surface area (Å²) in [5.74, 6) is -0.113. The molecule has 2 heterocycles. The van der Waals surface area contributed by atoms with E-state index in [0.717, 1.165) is 21.8 Å². The van der Waals surface area contributed by atoms with Crippen molar-refractivity contribution in [3.63, 3.8) is 0 Å². The van der Waals surface area contributed by atoms with Gasteiger partial charge in [0.05, 0.1) is 16.3 Å². The van der Waals surface area contributed by atoms with E-state index in [-0.39, 0.29) is 5.91 Å². The third-order valence-electron chi connectivity index (χ3n) is 4.00. The molecular weight excluding hydrogens is 373 g/mol. The number of rotatable bonds is 1. The molecule has 4 rings (SSSR count). The summed E-state index contributed by atoms with van der Waals surface area (Å²) in [4.78, 5) is 12.9. The summed E-state index contributed by atoms with van der Waals surface area (Å²) in [7, 11) is -3.40. The topological polar surface area (TPSA) is 96.0 Å². The summed E-state index contributed by atoms with van der Waals surface area (Å²) in [6.07, 6.45) is 3.30. The summed E-state index contributed by atoms with van der Waals surface area (Å²) in [5.41, 5.74) is 2.74. The quantitative estimate of drug-likeness (QED) is 0.216. The van der Waals surface area contributed by atoms with Crippen LogP contribution in [0.15, 0.2) is 67.0 Å². The number of hydrogen-bond acceptors (Lipinski definition) is 5. The minimum absolute atomic E-state index is 0.113. The van der Waals surface area contributed by atoms with Crippen LogP contribution in [0.25, 0.3) is 21.8 Å². The van der Waals surface area contributed by atoms with Gasteiger partial charge in [-0.25, -0.2) is 13.1 Å². The maximum atomic E-state index is 12.9. The van der Waals surface area contributed by atoms with Crippen molar-refractivity contribution in [1.29, 1.82) is 0 Å². The predicted octanol–water partition coefficient (Wildman–Crippen LogP) is 2.12. The van der Waals surface area contributed by atoms with E-state index in [2.05, 4.69) is 9.67 Å². The fourth-order valence-corrected chi connectivity index (χ4v) is 2.96. The Morgan fingerprint density at radius 3 is 1.96 bits per heavy atom. The smallest absolute Gasteiger partial charge is 0.279 e. The highest BCUT2D eigenvalue weighted by Gasteiger charge is 2.22. The maximum Gasteiger partial charge on any atom is 0.279 e. The van der Waals surface area contributed by atoms with E-state index < -0.39 is 10.5 Å². The van der Waals surface area contributed by atoms with Crippen LogP contribution in [0.4, 0.5) is 3.89 Å². The Bertz CT molecular complexity index is 1170. The number of aromatic nitrogens is 3. The van der Waals surface area contributed by atoms with E-state index in [1.165, 1.54) is 4.68 Å². The van der Waals surface area contributed by atoms with Gasteiger partial charge in [-0.1, -0.05) is 24.3 Å². The summed E-state index contributed by atoms with van der Waals surface area (Å²) >= 11 is 0. The standard InChI is InChI=1S/C18H14N3O.FHO3S/c1-20-15-9-4-2-7-13(15)17(14-8-3-5-10-16(14)20)18(22)21-12-6-11-19-21;1-5(2,3)4/h2-12H,1H3;(H,2,3,4)/q+1;/p-1. The molecule has 0 amide bonds. The first-order valence-electron chi connectivity index (χ1n) is 7.76. The van der Waals surface area contributed by atoms with Crippen molar-refractivity contribution in [3.8, 4) is 0 Å². The molecule has 9 heteroatoms. The number of benzene rings is 2. The third-order valence-corrected chi connectivity index (χ3v) is 4.00. The van der Waals surface area contributed by atoms with Crippen LogP contribution in [0, 0.1) is 0 Å². The minimum atomic E-state index is -5.42. The van der Waals surface area contributed by atoms with E-state index in [0.29, 0.717) is 5.56 Å². The summed E-state index contributed by atoms with van der Waals surface area (Å²) < 4.78 is 38.8. The Hall–Kier alpha value is -3.17. The van der Waals surface area contributed by atoms with Gasteiger partial charge >= 0.3 is 0 Å². The van der Waals surface area contributed by atoms with Gasteiger partial charge in [0.1, 0.15) is 7.05 Å². The molecule has 138 valence electrons. The lowest BCUT2D eigenvalue weighted by molar-refractivity contribution is -0.617. The molecule has 2 aromatic heterocycles. The first-order valence-corrected chi connectivity index (χ1v) is 9.07. The molecule has 0 saturated heterocycles. The normalized spacial score (nSPS) is 11.2. The van der Waals surface area contributed by atoms with Gasteiger partial charge in [0.25, 0.3) is 16.4 Å². The number of carbonyl (C=O) groups is 1. The second kappa shape index (κ2) is 7.22. The molecule has 0 spiro atoms. The molecule has 0 aliphatic rings. The number of para-hydroxylation sites is 2. The largest absolute Gasteiger partial charge is 0.722 e. The van der Waals surface area contributed by atoms with Crippen LogP contribution < -0.4 is 4.57 Å². The number of pyridine rings is 1. The van der Waals surface area contributed by atoms with Gasteiger partial charge in [0.15, 0.2) is 0 Å². The van der Waals surface area contributed by atoms with Gasteiger partial charge in [-0.05, 0) is 18.2 Å². The molecule has 0 radical (unpaired) electrons. The van der Waals surface area contributed by atoms with Crippen LogP contribution in [0.5, 0.6) is 0 Å². The Morgan fingerprint density at radius 1 is 1.04 bits per heavy atom. The highest BCUT2D eigenvalue weighted by Crippen LogP contribution is 2.25. The van der Waals surface area contributed by atoms with Crippen molar-refractivity contribution in [3.05, 3.63) is 72.6 Å². The van der Waals surface area contributed by atoms with Gasteiger partial charge in [-0.15, -0.1) is 3.89 Å². The van der Waals surface area contributed by atoms with Crippen molar-refractivity contribution < 1.29 is 26.2 Å². The molecular formula is C18H14FN3O4S. The summed E-state index contributed by atoms with van der Waals surface area (Å²) in [6, 6.07) is 17.7. The number of nitrogens with zero attached hydrogens (tertiary/aromatic N) is 3. The number of aryl methyl sites for hydroxylation is 1. The highest BCUT2D eigenvalue weighted by atomic mass is 32.3. The molecule has 0 N–H and O–H groups in total. The average Bonchev–Trinajstić information content (AvgIpc) is 3.15. The first kappa shape index (κ1) is 18.6. The average molecular weight is 387 g/mol. The number of hydrogen-bond donors (Lipinski definition) is 0. The van der Waals surface area contributed by atoms with Crippen LogP contribution >= 0.6 is 0 Å². The van der Waals surface area contributed by atoms with Crippen LogP contribution in [0.3, 0.4) is 0 Å². The zero-order chi connectivity index (χ0) is 19.6. The fraction of sp³-hybridized carbons (Fsp3) is 0.0556. The zero-order valence-corrected chi connectivity index (χ0v) is 14.9. The highest BCUT2D eigenvalue weighted by molar-refractivity contribution is 7.80. The van der Waals surface area contributed by atoms with Gasteiger partial charge in [-0.3, -0.25) is 4.79 Å². The van der Waals surface area contributed by atoms with E-state index >= 15 is 0 Å². The number of fused-ring (bicyclic) bond motifs is 2. The molecule has 0 unspecified atom stereocenters. The van der Waals surface area contributed by atoms with Crippen LogP contribution in [-0.4, -0.2) is 28.7 Å². The molecule has 0 aliphatic carbocycles. The Kier molecular flexibility index (Phi) is 4.98. The van der Waals surface area contributed by atoms with Crippen molar-refractivity contribution in [2.45, 2.75) is 0 Å². The molecule has 7 nitrogen and oxygen atoms in total. The van der Waals surface area contributed by atoms with E-state index in [1.807, 2.05) is 55.6 Å². The molecule has 0 aliphatic heterocycles. The monoisotopic (exact) mass is 387 g/mol. The van der Waals surface area contributed by atoms with E-state index in [4.69, 9.17) is 13.0 Å². The third kappa shape index (κ3) is 3.99. The Labute approximate surface area is 154 Å². The molecule has 0 atom stereocenters. The van der Waals surface area contributed by atoms with Crippen molar-refractivity contribution in [2.24, 2.45) is 7.05 Å². The molecule has 27 heavy (non-hydrogen) atoms. The van der Waals surface area contributed by atoms with Crippen molar-refractivity contribution in [2.75, 3.05) is 0 Å². The lowest BCUT2D eigenvalue weighted by atomic mass is 10.0. The summed E-state index contributed by atoms with van der Waals surface area (Å²) in [6.45, 7) is 0. The fourth-order valence-electron chi connectivity index (χ4n) is 2.96. The minimum Gasteiger partial charge on any atom is -0.722 e. The Morgan fingerprint density at radius 2 is 1.52 bits per heavy atom. The van der Waals surface area contributed by atoms with Crippen LogP contribution in [0.1, 0.15) is 10.4 Å². The molecule has 0 saturated carbocycles. The molecule has 2 aromatic carbocycles. The zero-order valence-electron chi connectivity index (χ0n) is 14.1. The van der Waals surface area contributed by atoms with Gasteiger partial charge in [-0.2, -0.15) is 9.67 Å². The van der Waals surface area contributed by atoms with Gasteiger partial charge in [0.2, 0.25) is 11.0 Å². The van der Waals surface area contributed by atoms with Crippen LogP contribution in [-0.2, 0) is 17.6 Å².